The fourth-order valence-corrected chi connectivity index (χ4v) is 2.10. The van der Waals surface area contributed by atoms with Crippen LogP contribution in [0, 0.1) is 0 Å². The lowest BCUT2D eigenvalue weighted by molar-refractivity contribution is -0.134. The predicted octanol–water partition coefficient (Wildman–Crippen LogP) is 1.47. The van der Waals surface area contributed by atoms with Crippen LogP contribution in [-0.4, -0.2) is 48.7 Å². The maximum absolute atomic E-state index is 11.6. The number of hydrogen-bond acceptors (Lipinski definition) is 4. The summed E-state index contributed by atoms with van der Waals surface area (Å²) >= 11 is 3.32. The number of methoxy groups -OCH3 is 1. The molecule has 1 aliphatic heterocycles. The Balaban J connectivity index is 1.86. The summed E-state index contributed by atoms with van der Waals surface area (Å²) in [6, 6.07) is 3.69. The largest absolute Gasteiger partial charge is 0.472 e. The highest BCUT2D eigenvalue weighted by molar-refractivity contribution is 9.10. The van der Waals surface area contributed by atoms with Gasteiger partial charge in [0, 0.05) is 36.8 Å². The van der Waals surface area contributed by atoms with E-state index in [1.54, 1.807) is 11.1 Å². The Morgan fingerprint density at radius 1 is 1.61 bits per heavy atom. The molecule has 1 fully saturated rings. The second-order valence-electron chi connectivity index (χ2n) is 4.12. The molecule has 1 aromatic heterocycles. The third-order valence-corrected chi connectivity index (χ3v) is 3.22. The minimum Gasteiger partial charge on any atom is -0.472 e. The SMILES string of the molecule is COCC(=O)N1CCC(Oc2ccc(Br)cn2)C1. The van der Waals surface area contributed by atoms with Crippen LogP contribution in [0.25, 0.3) is 0 Å². The number of nitrogens with zero attached hydrogens (tertiary/aromatic N) is 2. The van der Waals surface area contributed by atoms with Gasteiger partial charge in [-0.25, -0.2) is 4.98 Å². The molecule has 0 saturated carbocycles. The van der Waals surface area contributed by atoms with Crippen molar-refractivity contribution in [3.8, 4) is 5.88 Å². The zero-order chi connectivity index (χ0) is 13.0. The lowest BCUT2D eigenvalue weighted by Gasteiger charge is -2.16. The first-order chi connectivity index (χ1) is 8.69. The summed E-state index contributed by atoms with van der Waals surface area (Å²) in [5.74, 6) is 0.594. The highest BCUT2D eigenvalue weighted by Crippen LogP contribution is 2.18. The molecule has 1 saturated heterocycles. The van der Waals surface area contributed by atoms with Gasteiger partial charge in [0.25, 0.3) is 0 Å². The fourth-order valence-electron chi connectivity index (χ4n) is 1.87. The Labute approximate surface area is 114 Å². The second-order valence-corrected chi connectivity index (χ2v) is 5.03. The van der Waals surface area contributed by atoms with Crippen LogP contribution in [0.5, 0.6) is 5.88 Å². The first kappa shape index (κ1) is 13.3. The molecule has 0 aromatic carbocycles. The highest BCUT2D eigenvalue weighted by Gasteiger charge is 2.27. The molecule has 1 atom stereocenters. The molecular weight excluding hydrogens is 300 g/mol. The quantitative estimate of drug-likeness (QED) is 0.844. The smallest absolute Gasteiger partial charge is 0.248 e. The molecule has 1 unspecified atom stereocenters. The summed E-state index contributed by atoms with van der Waals surface area (Å²) in [6.45, 7) is 1.44. The van der Waals surface area contributed by atoms with Crippen LogP contribution in [-0.2, 0) is 9.53 Å². The van der Waals surface area contributed by atoms with Crippen molar-refractivity contribution in [1.29, 1.82) is 0 Å². The standard InChI is InChI=1S/C12H15BrN2O3/c1-17-8-12(16)15-5-4-10(7-15)18-11-3-2-9(13)6-14-11/h2-3,6,10H,4-5,7-8H2,1H3. The number of halogens is 1. The third-order valence-electron chi connectivity index (χ3n) is 2.75. The van der Waals surface area contributed by atoms with Gasteiger partial charge in [-0.3, -0.25) is 4.79 Å². The molecule has 6 heteroatoms. The van der Waals surface area contributed by atoms with Gasteiger partial charge in [0.2, 0.25) is 11.8 Å². The number of rotatable bonds is 4. The van der Waals surface area contributed by atoms with E-state index in [9.17, 15) is 4.79 Å². The van der Waals surface area contributed by atoms with E-state index in [0.717, 1.165) is 10.9 Å². The van der Waals surface area contributed by atoms with E-state index in [1.807, 2.05) is 12.1 Å². The third kappa shape index (κ3) is 3.43. The molecule has 5 nitrogen and oxygen atoms in total. The Hall–Kier alpha value is -1.14. The average molecular weight is 315 g/mol. The van der Waals surface area contributed by atoms with Crippen molar-refractivity contribution >= 4 is 21.8 Å². The number of ether oxygens (including phenoxy) is 2. The van der Waals surface area contributed by atoms with E-state index in [0.29, 0.717) is 19.0 Å². The molecule has 1 aromatic rings. The lowest BCUT2D eigenvalue weighted by Crippen LogP contribution is -2.33. The van der Waals surface area contributed by atoms with Crippen molar-refractivity contribution in [2.75, 3.05) is 26.8 Å². The van der Waals surface area contributed by atoms with Crippen molar-refractivity contribution in [3.63, 3.8) is 0 Å². The molecule has 2 rings (SSSR count). The molecule has 0 spiro atoms. The van der Waals surface area contributed by atoms with E-state index in [1.165, 1.54) is 7.11 Å². The van der Waals surface area contributed by atoms with Gasteiger partial charge in [-0.1, -0.05) is 0 Å². The van der Waals surface area contributed by atoms with Crippen LogP contribution in [0.15, 0.2) is 22.8 Å². The van der Waals surface area contributed by atoms with E-state index >= 15 is 0 Å². The van der Waals surface area contributed by atoms with Crippen molar-refractivity contribution in [1.82, 2.24) is 9.88 Å². The van der Waals surface area contributed by atoms with E-state index in [2.05, 4.69) is 20.9 Å². The van der Waals surface area contributed by atoms with Gasteiger partial charge >= 0.3 is 0 Å². The van der Waals surface area contributed by atoms with Crippen LogP contribution in [0.1, 0.15) is 6.42 Å². The molecule has 1 aliphatic rings. The lowest BCUT2D eigenvalue weighted by atomic mass is 10.3. The van der Waals surface area contributed by atoms with E-state index < -0.39 is 0 Å². The van der Waals surface area contributed by atoms with Crippen LogP contribution < -0.4 is 4.74 Å². The summed E-state index contributed by atoms with van der Waals surface area (Å²) in [6.07, 6.45) is 2.53. The second kappa shape index (κ2) is 6.15. The van der Waals surface area contributed by atoms with Crippen LogP contribution in [0.3, 0.4) is 0 Å². The summed E-state index contributed by atoms with van der Waals surface area (Å²) in [5, 5.41) is 0. The van der Waals surface area contributed by atoms with Gasteiger partial charge in [0.15, 0.2) is 0 Å². The maximum atomic E-state index is 11.6. The number of carbonyl (C=O) groups excluding carboxylic acids is 1. The van der Waals surface area contributed by atoms with Gasteiger partial charge < -0.3 is 14.4 Å². The molecule has 98 valence electrons. The van der Waals surface area contributed by atoms with Crippen molar-refractivity contribution in [2.45, 2.75) is 12.5 Å². The summed E-state index contributed by atoms with van der Waals surface area (Å²) in [5.41, 5.74) is 0. The summed E-state index contributed by atoms with van der Waals surface area (Å²) < 4.78 is 11.5. The number of hydrogen-bond donors (Lipinski definition) is 0. The molecule has 1 amide bonds. The monoisotopic (exact) mass is 314 g/mol. The number of carbonyl (C=O) groups is 1. The molecule has 0 radical (unpaired) electrons. The first-order valence-electron chi connectivity index (χ1n) is 5.74. The van der Waals surface area contributed by atoms with Gasteiger partial charge in [-0.15, -0.1) is 0 Å². The van der Waals surface area contributed by atoms with E-state index in [4.69, 9.17) is 9.47 Å². The zero-order valence-electron chi connectivity index (χ0n) is 10.1. The van der Waals surface area contributed by atoms with Gasteiger partial charge in [-0.2, -0.15) is 0 Å². The number of amides is 1. The topological polar surface area (TPSA) is 51.7 Å². The van der Waals surface area contributed by atoms with Crippen LogP contribution >= 0.6 is 15.9 Å². The molecular formula is C12H15BrN2O3. The van der Waals surface area contributed by atoms with Crippen molar-refractivity contribution in [3.05, 3.63) is 22.8 Å². The first-order valence-corrected chi connectivity index (χ1v) is 6.53. The normalized spacial score (nSPS) is 19.0. The van der Waals surface area contributed by atoms with Crippen LogP contribution in [0.4, 0.5) is 0 Å². The molecule has 0 bridgehead atoms. The van der Waals surface area contributed by atoms with Gasteiger partial charge in [0.1, 0.15) is 12.7 Å². The van der Waals surface area contributed by atoms with Gasteiger partial charge in [-0.05, 0) is 22.0 Å². The van der Waals surface area contributed by atoms with Crippen molar-refractivity contribution < 1.29 is 14.3 Å². The van der Waals surface area contributed by atoms with E-state index in [-0.39, 0.29) is 18.6 Å². The zero-order valence-corrected chi connectivity index (χ0v) is 11.7. The number of aromatic nitrogens is 1. The summed E-state index contributed by atoms with van der Waals surface area (Å²) in [4.78, 5) is 17.5. The highest BCUT2D eigenvalue weighted by atomic mass is 79.9. The maximum Gasteiger partial charge on any atom is 0.248 e. The Bertz CT molecular complexity index is 410. The summed E-state index contributed by atoms with van der Waals surface area (Å²) in [7, 11) is 1.52. The Morgan fingerprint density at radius 2 is 2.44 bits per heavy atom. The van der Waals surface area contributed by atoms with Crippen LogP contribution in [0.2, 0.25) is 0 Å². The molecule has 2 heterocycles. The molecule has 0 aliphatic carbocycles. The van der Waals surface area contributed by atoms with Gasteiger partial charge in [0.05, 0.1) is 6.54 Å². The fraction of sp³-hybridized carbons (Fsp3) is 0.500. The Kier molecular flexibility index (Phi) is 4.54. The Morgan fingerprint density at radius 3 is 3.11 bits per heavy atom. The average Bonchev–Trinajstić information content (AvgIpc) is 2.81. The number of pyridine rings is 1. The minimum absolute atomic E-state index is 0.00682. The predicted molar refractivity (Wildman–Crippen MR) is 69.4 cm³/mol. The van der Waals surface area contributed by atoms with Crippen molar-refractivity contribution in [2.24, 2.45) is 0 Å². The molecule has 18 heavy (non-hydrogen) atoms. The number of likely N-dealkylation sites (tertiary alicyclic amines) is 1. The molecule has 0 N–H and O–H groups in total. The minimum atomic E-state index is 0.00682.